The number of hydrogen-bond acceptors (Lipinski definition) is 4. The summed E-state index contributed by atoms with van der Waals surface area (Å²) >= 11 is 1.55. The van der Waals surface area contributed by atoms with Crippen LogP contribution in [0.3, 0.4) is 0 Å². The van der Waals surface area contributed by atoms with Gasteiger partial charge in [-0.05, 0) is 24.3 Å². The number of rotatable bonds is 2. The lowest BCUT2D eigenvalue weighted by Gasteiger charge is -2.12. The van der Waals surface area contributed by atoms with E-state index in [2.05, 4.69) is 4.99 Å². The van der Waals surface area contributed by atoms with Gasteiger partial charge >= 0.3 is 0 Å². The summed E-state index contributed by atoms with van der Waals surface area (Å²) in [6.07, 6.45) is 0. The summed E-state index contributed by atoms with van der Waals surface area (Å²) in [5.41, 5.74) is 1.79. The minimum absolute atomic E-state index is 0.561. The molecule has 0 unspecified atom stereocenters. The molecule has 2 rings (SSSR count). The molecule has 15 heavy (non-hydrogen) atoms. The third kappa shape index (κ3) is 2.21. The third-order valence-electron chi connectivity index (χ3n) is 2.19. The molecule has 1 aliphatic rings. The highest BCUT2D eigenvalue weighted by molar-refractivity contribution is 8.15. The topological polar surface area (TPSA) is 45.4 Å². The highest BCUT2D eigenvalue weighted by atomic mass is 32.2. The Morgan fingerprint density at radius 1 is 1.33 bits per heavy atom. The molecule has 4 heteroatoms. The van der Waals surface area contributed by atoms with Gasteiger partial charge in [0.2, 0.25) is 0 Å². The first-order valence-corrected chi connectivity index (χ1v) is 5.70. The summed E-state index contributed by atoms with van der Waals surface area (Å²) in [6.45, 7) is 0.800. The number of methoxy groups -OCH3 is 1. The van der Waals surface area contributed by atoms with Gasteiger partial charge in [-0.15, -0.1) is 11.8 Å². The minimum atomic E-state index is 0.561. The Morgan fingerprint density at radius 3 is 2.67 bits per heavy atom. The molecule has 1 N–H and O–H groups in total. The van der Waals surface area contributed by atoms with Gasteiger partial charge in [0.25, 0.3) is 0 Å². The molecule has 78 valence electrons. The first-order chi connectivity index (χ1) is 7.31. The van der Waals surface area contributed by atoms with E-state index in [-0.39, 0.29) is 0 Å². The molecule has 0 amide bonds. The third-order valence-corrected chi connectivity index (χ3v) is 3.05. The lowest BCUT2D eigenvalue weighted by Crippen LogP contribution is -2.17. The number of hydrogen-bond donors (Lipinski definition) is 1. The number of nitrogens with zero attached hydrogens (tertiary/aromatic N) is 1. The van der Waals surface area contributed by atoms with Gasteiger partial charge in [-0.2, -0.15) is 0 Å². The number of nitrogens with one attached hydrogen (secondary N) is 1. The number of ether oxygens (including phenoxy) is 1. The Balaban J connectivity index is 2.28. The first kappa shape index (κ1) is 10.2. The zero-order valence-corrected chi connectivity index (χ0v) is 9.30. The molecule has 3 nitrogen and oxygen atoms in total. The molecule has 0 aromatic heterocycles. The molecule has 0 fully saturated rings. The highest BCUT2D eigenvalue weighted by Crippen LogP contribution is 2.18. The molecule has 0 atom stereocenters. The maximum atomic E-state index is 7.78. The van der Waals surface area contributed by atoms with Gasteiger partial charge in [0, 0.05) is 17.9 Å². The standard InChI is InChI=1S/C11H12N2OS/c1-14-9-4-2-8(3-5-9)10-11(12)15-7-6-13-10/h2-5,12H,6-7H2,1H3. The average Bonchev–Trinajstić information content (AvgIpc) is 2.30. The lowest BCUT2D eigenvalue weighted by atomic mass is 10.1. The molecule has 1 aromatic rings. The van der Waals surface area contributed by atoms with E-state index in [1.54, 1.807) is 18.9 Å². The summed E-state index contributed by atoms with van der Waals surface area (Å²) in [4.78, 5) is 4.37. The molecule has 1 aliphatic heterocycles. The predicted octanol–water partition coefficient (Wildman–Crippen LogP) is 2.21. The van der Waals surface area contributed by atoms with Gasteiger partial charge in [-0.3, -0.25) is 10.4 Å². The molecule has 0 bridgehead atoms. The fourth-order valence-corrected chi connectivity index (χ4v) is 2.12. The predicted molar refractivity (Wildman–Crippen MR) is 64.6 cm³/mol. The van der Waals surface area contributed by atoms with E-state index in [0.717, 1.165) is 29.3 Å². The van der Waals surface area contributed by atoms with Crippen molar-refractivity contribution in [2.24, 2.45) is 4.99 Å². The molecular formula is C11H12N2OS. The second-order valence-corrected chi connectivity index (χ2v) is 4.24. The van der Waals surface area contributed by atoms with E-state index in [9.17, 15) is 0 Å². The van der Waals surface area contributed by atoms with Crippen LogP contribution in [0.15, 0.2) is 29.3 Å². The largest absolute Gasteiger partial charge is 0.497 e. The lowest BCUT2D eigenvalue weighted by molar-refractivity contribution is 0.415. The number of thioether (sulfide) groups is 1. The van der Waals surface area contributed by atoms with Crippen LogP contribution >= 0.6 is 11.8 Å². The van der Waals surface area contributed by atoms with Crippen LogP contribution in [0.25, 0.3) is 0 Å². The van der Waals surface area contributed by atoms with E-state index in [1.165, 1.54) is 0 Å². The highest BCUT2D eigenvalue weighted by Gasteiger charge is 2.14. The van der Waals surface area contributed by atoms with Crippen molar-refractivity contribution in [3.63, 3.8) is 0 Å². The van der Waals surface area contributed by atoms with E-state index < -0.39 is 0 Å². The van der Waals surface area contributed by atoms with Crippen LogP contribution in [0.5, 0.6) is 5.75 Å². The molecule has 0 spiro atoms. The smallest absolute Gasteiger partial charge is 0.118 e. The van der Waals surface area contributed by atoms with Crippen molar-refractivity contribution >= 4 is 22.5 Å². The van der Waals surface area contributed by atoms with Crippen LogP contribution in [0.2, 0.25) is 0 Å². The second kappa shape index (κ2) is 4.49. The van der Waals surface area contributed by atoms with Crippen molar-refractivity contribution < 1.29 is 4.74 Å². The van der Waals surface area contributed by atoms with Gasteiger partial charge in [0.1, 0.15) is 10.8 Å². The van der Waals surface area contributed by atoms with Gasteiger partial charge < -0.3 is 4.74 Å². The second-order valence-electron chi connectivity index (χ2n) is 3.14. The zero-order chi connectivity index (χ0) is 10.7. The van der Waals surface area contributed by atoms with Crippen molar-refractivity contribution in [1.29, 1.82) is 5.41 Å². The summed E-state index contributed by atoms with van der Waals surface area (Å²) in [6, 6.07) is 7.67. The number of benzene rings is 1. The number of aliphatic imine (C=N–C) groups is 1. The normalized spacial score (nSPS) is 16.1. The fraction of sp³-hybridized carbons (Fsp3) is 0.273. The Hall–Kier alpha value is -1.29. The zero-order valence-electron chi connectivity index (χ0n) is 8.49. The van der Waals surface area contributed by atoms with Crippen molar-refractivity contribution in [2.45, 2.75) is 0 Å². The van der Waals surface area contributed by atoms with Crippen LogP contribution in [0.1, 0.15) is 5.56 Å². The fourth-order valence-electron chi connectivity index (χ4n) is 1.42. The van der Waals surface area contributed by atoms with Gasteiger partial charge in [0.15, 0.2) is 0 Å². The van der Waals surface area contributed by atoms with Crippen LogP contribution in [0, 0.1) is 5.41 Å². The van der Waals surface area contributed by atoms with E-state index >= 15 is 0 Å². The molecule has 1 aromatic carbocycles. The van der Waals surface area contributed by atoms with E-state index in [4.69, 9.17) is 10.1 Å². The molecular weight excluding hydrogens is 208 g/mol. The van der Waals surface area contributed by atoms with E-state index in [0.29, 0.717) is 5.04 Å². The van der Waals surface area contributed by atoms with Gasteiger partial charge in [-0.25, -0.2) is 0 Å². The maximum Gasteiger partial charge on any atom is 0.118 e. The van der Waals surface area contributed by atoms with Crippen molar-refractivity contribution in [2.75, 3.05) is 19.4 Å². The summed E-state index contributed by atoms with van der Waals surface area (Å²) < 4.78 is 5.08. The van der Waals surface area contributed by atoms with E-state index in [1.807, 2.05) is 24.3 Å². The summed E-state index contributed by atoms with van der Waals surface area (Å²) in [5, 5.41) is 8.34. The Morgan fingerprint density at radius 2 is 2.07 bits per heavy atom. The maximum absolute atomic E-state index is 7.78. The molecule has 0 radical (unpaired) electrons. The first-order valence-electron chi connectivity index (χ1n) is 4.72. The van der Waals surface area contributed by atoms with Gasteiger partial charge in [-0.1, -0.05) is 0 Å². The van der Waals surface area contributed by atoms with Crippen LogP contribution in [-0.2, 0) is 0 Å². The molecule has 0 saturated carbocycles. The summed E-state index contributed by atoms with van der Waals surface area (Å²) in [5.74, 6) is 1.74. The van der Waals surface area contributed by atoms with Crippen LogP contribution < -0.4 is 4.74 Å². The monoisotopic (exact) mass is 220 g/mol. The summed E-state index contributed by atoms with van der Waals surface area (Å²) in [7, 11) is 1.64. The Kier molecular flexibility index (Phi) is 3.06. The van der Waals surface area contributed by atoms with Crippen molar-refractivity contribution in [3.8, 4) is 5.75 Å². The van der Waals surface area contributed by atoms with Gasteiger partial charge in [0.05, 0.1) is 12.8 Å². The Bertz CT molecular complexity index is 398. The van der Waals surface area contributed by atoms with Crippen LogP contribution in [0.4, 0.5) is 0 Å². The molecule has 0 saturated heterocycles. The average molecular weight is 220 g/mol. The quantitative estimate of drug-likeness (QED) is 0.830. The SMILES string of the molecule is COc1ccc(C2=NCCSC2=N)cc1. The van der Waals surface area contributed by atoms with Crippen molar-refractivity contribution in [1.82, 2.24) is 0 Å². The molecule has 0 aliphatic carbocycles. The minimum Gasteiger partial charge on any atom is -0.497 e. The Labute approximate surface area is 93.1 Å². The molecule has 1 heterocycles. The van der Waals surface area contributed by atoms with Crippen molar-refractivity contribution in [3.05, 3.63) is 29.8 Å². The van der Waals surface area contributed by atoms with Crippen LogP contribution in [-0.4, -0.2) is 30.2 Å².